The van der Waals surface area contributed by atoms with Crippen LogP contribution in [-0.4, -0.2) is 17.5 Å². The van der Waals surface area contributed by atoms with Crippen molar-refractivity contribution < 1.29 is 83.7 Å². The molecule has 1 heterocycles. The predicted octanol–water partition coefficient (Wildman–Crippen LogP) is -5.84. The average molecular weight is 397 g/mol. The Morgan fingerprint density at radius 3 is 1.93 bits per heavy atom. The van der Waals surface area contributed by atoms with Crippen molar-refractivity contribution in [3.8, 4) is 11.5 Å². The zero-order valence-electron chi connectivity index (χ0n) is 15.9. The van der Waals surface area contributed by atoms with E-state index < -0.39 is 29.3 Å². The van der Waals surface area contributed by atoms with Crippen LogP contribution in [-0.2, 0) is 9.59 Å². The number of rotatable bonds is 5. The van der Waals surface area contributed by atoms with Crippen LogP contribution in [0, 0.1) is 11.8 Å². The topological polar surface area (TPSA) is 116 Å². The van der Waals surface area contributed by atoms with Crippen LogP contribution in [0.25, 0.3) is 0 Å². The van der Waals surface area contributed by atoms with Crippen molar-refractivity contribution in [1.82, 2.24) is 0 Å². The Balaban J connectivity index is 0.00000140. The van der Waals surface area contributed by atoms with E-state index in [1.54, 1.807) is 0 Å². The molecule has 0 amide bonds. The monoisotopic (exact) mass is 397 g/mol. The maximum absolute atomic E-state index is 11.9. The summed E-state index contributed by atoms with van der Waals surface area (Å²) in [7, 11) is 0. The third kappa shape index (κ3) is 4.05. The molecule has 1 aliphatic heterocycles. The number of benzene rings is 2. The Kier molecular flexibility index (Phi) is 7.42. The summed E-state index contributed by atoms with van der Waals surface area (Å²) in [6.45, 7) is 0. The second-order valence-electron chi connectivity index (χ2n) is 7.03. The van der Waals surface area contributed by atoms with E-state index in [0.717, 1.165) is 11.1 Å². The molecular formula is C20H17NNa2O5. The van der Waals surface area contributed by atoms with Crippen LogP contribution in [0.2, 0.25) is 0 Å². The summed E-state index contributed by atoms with van der Waals surface area (Å²) in [5, 5.41) is 23.0. The number of hydrogen-bond donors (Lipinski definition) is 1. The summed E-state index contributed by atoms with van der Waals surface area (Å²) in [6, 6.07) is 14.7. The van der Waals surface area contributed by atoms with Crippen molar-refractivity contribution in [3.63, 3.8) is 0 Å². The summed E-state index contributed by atoms with van der Waals surface area (Å²) in [5.41, 5.74) is 6.12. The van der Waals surface area contributed by atoms with Gasteiger partial charge in [-0.1, -0.05) is 36.4 Å². The number of carbonyl (C=O) groups is 2. The Morgan fingerprint density at radius 1 is 1.00 bits per heavy atom. The Labute approximate surface area is 207 Å². The van der Waals surface area contributed by atoms with Gasteiger partial charge in [0, 0.05) is 28.9 Å². The van der Waals surface area contributed by atoms with Gasteiger partial charge in [-0.2, -0.15) is 0 Å². The van der Waals surface area contributed by atoms with E-state index in [0.29, 0.717) is 11.5 Å². The fraction of sp³-hybridized carbons (Fsp3) is 0.300. The molecule has 1 fully saturated rings. The Bertz CT molecular complexity index is 860. The van der Waals surface area contributed by atoms with Crippen molar-refractivity contribution in [2.24, 2.45) is 17.6 Å². The van der Waals surface area contributed by atoms with E-state index in [2.05, 4.69) is 0 Å². The molecule has 0 spiro atoms. The van der Waals surface area contributed by atoms with Crippen LogP contribution < -0.4 is 79.8 Å². The Hall–Kier alpha value is -0.860. The van der Waals surface area contributed by atoms with Gasteiger partial charge in [0.15, 0.2) is 0 Å². The van der Waals surface area contributed by atoms with Crippen LogP contribution in [0.5, 0.6) is 11.5 Å². The Morgan fingerprint density at radius 2 is 1.50 bits per heavy atom. The minimum atomic E-state index is -1.76. The molecule has 0 saturated heterocycles. The first-order valence-corrected chi connectivity index (χ1v) is 8.48. The molecule has 2 aliphatic rings. The summed E-state index contributed by atoms with van der Waals surface area (Å²) >= 11 is 0. The van der Waals surface area contributed by atoms with Crippen LogP contribution in [0.3, 0.4) is 0 Å². The zero-order valence-corrected chi connectivity index (χ0v) is 19.9. The van der Waals surface area contributed by atoms with Gasteiger partial charge in [0.25, 0.3) is 0 Å². The molecule has 4 rings (SSSR count). The van der Waals surface area contributed by atoms with Gasteiger partial charge in [-0.15, -0.1) is 0 Å². The molecule has 3 atom stereocenters. The second kappa shape index (κ2) is 8.88. The van der Waals surface area contributed by atoms with Crippen molar-refractivity contribution in [3.05, 3.63) is 59.7 Å². The first-order chi connectivity index (χ1) is 12.4. The quantitative estimate of drug-likeness (QED) is 0.503. The first-order valence-electron chi connectivity index (χ1n) is 8.48. The molecule has 8 heteroatoms. The number of nitrogens with two attached hydrogens (primary N) is 1. The normalized spacial score (nSPS) is 21.5. The molecule has 2 N–H and O–H groups in total. The minimum absolute atomic E-state index is 0. The summed E-state index contributed by atoms with van der Waals surface area (Å²) in [6.07, 6.45) is 0.223. The number of carbonyl (C=O) groups excluding carboxylic acids is 2. The third-order valence-corrected chi connectivity index (χ3v) is 5.49. The van der Waals surface area contributed by atoms with E-state index in [1.807, 2.05) is 48.5 Å². The van der Waals surface area contributed by atoms with Crippen molar-refractivity contribution in [2.75, 3.05) is 0 Å². The van der Waals surface area contributed by atoms with Gasteiger partial charge in [-0.25, -0.2) is 0 Å². The first kappa shape index (κ1) is 23.4. The summed E-state index contributed by atoms with van der Waals surface area (Å²) < 4.78 is 5.91. The van der Waals surface area contributed by atoms with Gasteiger partial charge in [-0.05, 0) is 30.9 Å². The minimum Gasteiger partial charge on any atom is -0.550 e. The van der Waals surface area contributed by atoms with Crippen LogP contribution in [0.1, 0.15) is 29.9 Å². The van der Waals surface area contributed by atoms with Crippen molar-refractivity contribution >= 4 is 11.9 Å². The SMILES string of the molecule is N[C@](CC1c2ccccc2Oc2ccccc21)(C(=O)[O-])[C@H]1C[C@@H]1C(=O)[O-].[Na+].[Na+]. The molecule has 134 valence electrons. The van der Waals surface area contributed by atoms with E-state index in [9.17, 15) is 19.8 Å². The number of carboxylic acids is 2. The molecule has 1 aliphatic carbocycles. The summed E-state index contributed by atoms with van der Waals surface area (Å²) in [5.74, 6) is -3.29. The van der Waals surface area contributed by atoms with Crippen molar-refractivity contribution in [1.29, 1.82) is 0 Å². The molecule has 28 heavy (non-hydrogen) atoms. The van der Waals surface area contributed by atoms with Gasteiger partial charge in [-0.3, -0.25) is 0 Å². The van der Waals surface area contributed by atoms with Gasteiger partial charge in [0.05, 0.1) is 11.5 Å². The third-order valence-electron chi connectivity index (χ3n) is 5.49. The smallest absolute Gasteiger partial charge is 0.550 e. The van der Waals surface area contributed by atoms with E-state index >= 15 is 0 Å². The van der Waals surface area contributed by atoms with Crippen LogP contribution in [0.15, 0.2) is 48.5 Å². The number of hydrogen-bond acceptors (Lipinski definition) is 6. The molecule has 0 bridgehead atoms. The fourth-order valence-corrected chi connectivity index (χ4v) is 3.98. The van der Waals surface area contributed by atoms with Crippen molar-refractivity contribution in [2.45, 2.75) is 24.3 Å². The number of para-hydroxylation sites is 2. The molecule has 6 nitrogen and oxygen atoms in total. The van der Waals surface area contributed by atoms with Gasteiger partial charge >= 0.3 is 59.1 Å². The van der Waals surface area contributed by atoms with E-state index in [1.165, 1.54) is 0 Å². The maximum Gasteiger partial charge on any atom is 1.00 e. The molecular weight excluding hydrogens is 380 g/mol. The second-order valence-corrected chi connectivity index (χ2v) is 7.03. The number of aliphatic carboxylic acids is 2. The van der Waals surface area contributed by atoms with Gasteiger partial charge < -0.3 is 30.3 Å². The molecule has 0 aromatic heterocycles. The fourth-order valence-electron chi connectivity index (χ4n) is 3.98. The maximum atomic E-state index is 11.9. The number of carboxylic acid groups (broad SMARTS) is 2. The van der Waals surface area contributed by atoms with E-state index in [-0.39, 0.29) is 77.9 Å². The average Bonchev–Trinajstić information content (AvgIpc) is 3.43. The van der Waals surface area contributed by atoms with Crippen LogP contribution >= 0.6 is 0 Å². The molecule has 1 saturated carbocycles. The van der Waals surface area contributed by atoms with Gasteiger partial charge in [0.2, 0.25) is 0 Å². The van der Waals surface area contributed by atoms with E-state index in [4.69, 9.17) is 10.5 Å². The zero-order chi connectivity index (χ0) is 18.5. The van der Waals surface area contributed by atoms with Gasteiger partial charge in [0.1, 0.15) is 11.5 Å². The molecule has 2 aromatic rings. The molecule has 2 aromatic carbocycles. The van der Waals surface area contributed by atoms with Crippen LogP contribution in [0.4, 0.5) is 0 Å². The standard InChI is InChI=1S/C20H19NO5.2Na/c21-20(19(24)25,15-9-13(15)18(22)23)10-14-11-5-1-3-7-16(11)26-17-8-4-2-6-12(14)17;;/h1-8,13-15H,9-10,21H2,(H,22,23)(H,24,25);;/q;2*+1/p-2/t13-,15-,20-;;/m0../s1. The largest absolute Gasteiger partial charge is 1.00 e. The molecule has 0 radical (unpaired) electrons. The predicted molar refractivity (Wildman–Crippen MR) is 87.9 cm³/mol. The molecule has 0 unspecified atom stereocenters. The summed E-state index contributed by atoms with van der Waals surface area (Å²) in [4.78, 5) is 23.0. The number of ether oxygens (including phenoxy) is 1. The number of fused-ring (bicyclic) bond motifs is 2.